The van der Waals surface area contributed by atoms with E-state index in [0.29, 0.717) is 6.07 Å². The Morgan fingerprint density at radius 1 is 1.24 bits per heavy atom. The lowest BCUT2D eigenvalue weighted by molar-refractivity contribution is -0.00262. The van der Waals surface area contributed by atoms with Crippen LogP contribution in [0.3, 0.4) is 0 Å². The van der Waals surface area contributed by atoms with Crippen molar-refractivity contribution in [1.29, 1.82) is 0 Å². The molecule has 2 aromatic rings. The summed E-state index contributed by atoms with van der Waals surface area (Å²) in [6.07, 6.45) is -0.403. The molecule has 2 atom stereocenters. The summed E-state index contributed by atoms with van der Waals surface area (Å²) in [5.41, 5.74) is -1.57. The lowest BCUT2D eigenvalue weighted by Crippen LogP contribution is -2.49. The Kier molecular flexibility index (Phi) is 8.22. The molecule has 2 aliphatic rings. The van der Waals surface area contributed by atoms with Crippen molar-refractivity contribution in [2.75, 3.05) is 26.6 Å². The van der Waals surface area contributed by atoms with Gasteiger partial charge in [0.2, 0.25) is 18.0 Å². The van der Waals surface area contributed by atoms with Gasteiger partial charge in [0.25, 0.3) is 11.8 Å². The summed E-state index contributed by atoms with van der Waals surface area (Å²) in [5, 5.41) is 11.1. The summed E-state index contributed by atoms with van der Waals surface area (Å²) in [6.45, 7) is 0.662. The number of pyridine rings is 1. The van der Waals surface area contributed by atoms with Gasteiger partial charge in [-0.3, -0.25) is 14.4 Å². The van der Waals surface area contributed by atoms with Gasteiger partial charge in [-0.2, -0.15) is 0 Å². The van der Waals surface area contributed by atoms with Crippen LogP contribution in [0.5, 0.6) is 5.75 Å². The minimum absolute atomic E-state index is 0.0124. The molecule has 4 rings (SSSR count). The minimum Gasteiger partial charge on any atom is -0.451 e. The molecule has 3 heterocycles. The molecule has 0 bridgehead atoms. The first-order chi connectivity index (χ1) is 18.2. The molecular weight excluding hydrogens is 512 g/mol. The van der Waals surface area contributed by atoms with Gasteiger partial charge in [-0.25, -0.2) is 13.6 Å². The summed E-state index contributed by atoms with van der Waals surface area (Å²) in [4.78, 5) is 52.6. The fraction of sp³-hybridized carbons (Fsp3) is 0.417. The van der Waals surface area contributed by atoms with Crippen molar-refractivity contribution in [1.82, 2.24) is 14.8 Å². The van der Waals surface area contributed by atoms with Crippen molar-refractivity contribution in [3.63, 3.8) is 0 Å². The highest BCUT2D eigenvalue weighted by Crippen LogP contribution is 2.30. The highest BCUT2D eigenvalue weighted by Gasteiger charge is 2.43. The Labute approximate surface area is 214 Å². The number of rotatable bonds is 9. The number of nitrogens with zero attached hydrogens (tertiary/aromatic N) is 2. The molecule has 0 saturated carbocycles. The van der Waals surface area contributed by atoms with Gasteiger partial charge in [0.15, 0.2) is 11.9 Å². The second-order valence-electron chi connectivity index (χ2n) is 8.55. The molecule has 1 saturated heterocycles. The van der Waals surface area contributed by atoms with E-state index in [0.717, 1.165) is 12.1 Å². The van der Waals surface area contributed by atoms with Crippen LogP contribution >= 0.6 is 0 Å². The molecule has 0 spiro atoms. The number of aliphatic hydroxyl groups is 1. The van der Waals surface area contributed by atoms with Crippen LogP contribution in [0.1, 0.15) is 39.8 Å². The van der Waals surface area contributed by atoms with E-state index in [1.807, 2.05) is 0 Å². The predicted octanol–water partition coefficient (Wildman–Crippen LogP) is 1.13. The first-order valence-corrected chi connectivity index (χ1v) is 11.7. The number of fused-ring (bicyclic) bond motifs is 2. The van der Waals surface area contributed by atoms with Crippen molar-refractivity contribution in [3.8, 4) is 5.75 Å². The van der Waals surface area contributed by atoms with E-state index in [-0.39, 0.29) is 56.6 Å². The third-order valence-electron chi connectivity index (χ3n) is 5.94. The highest BCUT2D eigenvalue weighted by atomic mass is 19.1. The molecule has 2 N–H and O–H groups in total. The molecule has 1 aromatic heterocycles. The third kappa shape index (κ3) is 5.60. The number of aliphatic hydroxyl groups excluding tert-OH is 1. The normalized spacial score (nSPS) is 18.0. The number of halogens is 2. The van der Waals surface area contributed by atoms with Crippen LogP contribution in [0.25, 0.3) is 0 Å². The molecule has 12 nitrogen and oxygen atoms in total. The molecule has 1 fully saturated rings. The largest absolute Gasteiger partial charge is 0.511 e. The van der Waals surface area contributed by atoms with E-state index < -0.39 is 59.4 Å². The fourth-order valence-electron chi connectivity index (χ4n) is 4.09. The van der Waals surface area contributed by atoms with E-state index >= 15 is 0 Å². The number of carbonyl (C=O) groups excluding carboxylic acids is 3. The molecule has 0 radical (unpaired) electrons. The molecule has 204 valence electrons. The smallest absolute Gasteiger partial charge is 0.451 e. The van der Waals surface area contributed by atoms with Gasteiger partial charge >= 0.3 is 6.16 Å². The van der Waals surface area contributed by atoms with Gasteiger partial charge in [-0.1, -0.05) is 6.07 Å². The number of amides is 2. The number of hydrogen-bond acceptors (Lipinski definition) is 9. The van der Waals surface area contributed by atoms with Gasteiger partial charge in [-0.05, 0) is 13.0 Å². The van der Waals surface area contributed by atoms with E-state index in [1.165, 1.54) is 15.7 Å². The molecule has 0 unspecified atom stereocenters. The summed E-state index contributed by atoms with van der Waals surface area (Å²) in [5.74, 6) is -3.68. The van der Waals surface area contributed by atoms with Gasteiger partial charge in [-0.15, -0.1) is 0 Å². The Bertz CT molecular complexity index is 1300. The van der Waals surface area contributed by atoms with Crippen LogP contribution in [0.2, 0.25) is 0 Å². The Morgan fingerprint density at radius 3 is 2.76 bits per heavy atom. The zero-order chi connectivity index (χ0) is 27.4. The van der Waals surface area contributed by atoms with Crippen molar-refractivity contribution >= 4 is 18.0 Å². The van der Waals surface area contributed by atoms with Gasteiger partial charge in [0.05, 0.1) is 25.8 Å². The van der Waals surface area contributed by atoms with Gasteiger partial charge in [0.1, 0.15) is 17.2 Å². The molecule has 2 aliphatic heterocycles. The lowest BCUT2D eigenvalue weighted by atomic mass is 10.1. The van der Waals surface area contributed by atoms with E-state index in [9.17, 15) is 28.0 Å². The van der Waals surface area contributed by atoms with Gasteiger partial charge in [0, 0.05) is 37.4 Å². The zero-order valence-corrected chi connectivity index (χ0v) is 20.3. The maximum absolute atomic E-state index is 14.0. The fourth-order valence-corrected chi connectivity index (χ4v) is 4.09. The first kappa shape index (κ1) is 27.0. The van der Waals surface area contributed by atoms with E-state index in [4.69, 9.17) is 24.1 Å². The van der Waals surface area contributed by atoms with Crippen LogP contribution in [0, 0.1) is 11.6 Å². The number of nitrogens with one attached hydrogen (secondary N) is 1. The van der Waals surface area contributed by atoms with Crippen molar-refractivity contribution in [2.24, 2.45) is 0 Å². The molecule has 0 aliphatic carbocycles. The second-order valence-corrected chi connectivity index (χ2v) is 8.55. The zero-order valence-electron chi connectivity index (χ0n) is 20.3. The van der Waals surface area contributed by atoms with Crippen molar-refractivity contribution < 1.29 is 47.2 Å². The summed E-state index contributed by atoms with van der Waals surface area (Å²) in [7, 11) is 0. The maximum atomic E-state index is 14.0. The minimum atomic E-state index is -1.13. The average Bonchev–Trinajstić information content (AvgIpc) is 3.25. The molecule has 2 amide bonds. The van der Waals surface area contributed by atoms with Crippen LogP contribution in [-0.4, -0.2) is 71.4 Å². The molecule has 1 aromatic carbocycles. The Morgan fingerprint density at radius 2 is 2.03 bits per heavy atom. The summed E-state index contributed by atoms with van der Waals surface area (Å²) in [6, 6.07) is 2.56. The molecule has 38 heavy (non-hydrogen) atoms. The second kappa shape index (κ2) is 11.6. The standard InChI is InChI=1S/C24H25F2N3O9/c1-13-11-36-18-10-28-9-16(22(32)27-8-14-3-4-15(25)7-17(14)26)20(31)21(19(28)23(33)29(13)18)37-12-38-24(34)35-6-2-5-30/h3-4,7,9,13,18,30H,2,5-6,8,10-12H2,1H3,(H,27,32)/t13-,18+/m0/s1. The SMILES string of the molecule is C[C@H]1CO[C@@H]2Cn3cc(C(=O)NCc4ccc(F)cc4F)c(=O)c(OCOC(=O)OCCCO)c3C(=O)N12. The number of aromatic nitrogens is 1. The van der Waals surface area contributed by atoms with Crippen LogP contribution in [-0.2, 0) is 27.3 Å². The highest BCUT2D eigenvalue weighted by molar-refractivity contribution is 5.99. The van der Waals surface area contributed by atoms with Crippen molar-refractivity contribution in [2.45, 2.75) is 38.7 Å². The monoisotopic (exact) mass is 537 g/mol. The first-order valence-electron chi connectivity index (χ1n) is 11.7. The predicted molar refractivity (Wildman–Crippen MR) is 123 cm³/mol. The number of hydrogen-bond donors (Lipinski definition) is 2. The van der Waals surface area contributed by atoms with Crippen molar-refractivity contribution in [3.05, 3.63) is 63.1 Å². The Hall–Kier alpha value is -4.04. The lowest BCUT2D eigenvalue weighted by Gasteiger charge is -2.34. The number of ether oxygens (including phenoxy) is 4. The van der Waals surface area contributed by atoms with E-state index in [1.54, 1.807) is 6.92 Å². The van der Waals surface area contributed by atoms with E-state index in [2.05, 4.69) is 5.32 Å². The van der Waals surface area contributed by atoms with Crippen LogP contribution < -0.4 is 15.5 Å². The molecule has 14 heteroatoms. The topological polar surface area (TPSA) is 146 Å². The maximum Gasteiger partial charge on any atom is 0.511 e. The number of carbonyl (C=O) groups is 3. The quantitative estimate of drug-likeness (QED) is 0.273. The van der Waals surface area contributed by atoms with Crippen LogP contribution in [0.4, 0.5) is 13.6 Å². The summed E-state index contributed by atoms with van der Waals surface area (Å²) < 4.78 is 49.0. The third-order valence-corrected chi connectivity index (χ3v) is 5.94. The van der Waals surface area contributed by atoms with Gasteiger partial charge < -0.3 is 38.8 Å². The molecular formula is C24H25F2N3O9. The van der Waals surface area contributed by atoms with Crippen LogP contribution in [0.15, 0.2) is 29.2 Å². The average molecular weight is 537 g/mol. The number of benzene rings is 1. The Balaban J connectivity index is 1.60. The summed E-state index contributed by atoms with van der Waals surface area (Å²) >= 11 is 0.